The molecule has 0 bridgehead atoms. The van der Waals surface area contributed by atoms with Crippen molar-refractivity contribution < 1.29 is 4.42 Å². The first kappa shape index (κ1) is 39.2. The van der Waals surface area contributed by atoms with E-state index >= 15 is 0 Å². The molecule has 13 rings (SSSR count). The number of nitrogens with zero attached hydrogens (tertiary/aromatic N) is 2. The quantitative estimate of drug-likeness (QED) is 0.152. The molecule has 2 aromatic heterocycles. The minimum absolute atomic E-state index is 0.578. The Hall–Kier alpha value is -8.14. The summed E-state index contributed by atoms with van der Waals surface area (Å²) in [5, 5.41) is 7.49. The lowest BCUT2D eigenvalue weighted by Gasteiger charge is -2.29. The fourth-order valence-corrected chi connectivity index (χ4v) is 11.2. The van der Waals surface area contributed by atoms with Crippen molar-refractivity contribution in [2.45, 2.75) is 38.0 Å². The fourth-order valence-electron chi connectivity index (χ4n) is 11.2. The number of benzene rings is 10. The van der Waals surface area contributed by atoms with E-state index in [1.54, 1.807) is 0 Å². The van der Waals surface area contributed by atoms with Crippen molar-refractivity contribution >= 4 is 71.6 Å². The second-order valence-corrected chi connectivity index (χ2v) is 18.3. The summed E-state index contributed by atoms with van der Waals surface area (Å²) in [4.78, 5) is 2.45. The molecule has 0 unspecified atom stereocenters. The zero-order valence-corrected chi connectivity index (χ0v) is 37.3. The van der Waals surface area contributed by atoms with E-state index in [2.05, 4.69) is 222 Å². The number of furan rings is 1. The SMILES string of the molecule is c1ccc(-n2c3ccccc3c3ccc(-c4ccc(N(c5ccc(-c6ccc7oc8ccccc8c7c6)cc5)c5ccccc5-c5cccc6cccc(C7CCCCC7)c56)cc4)cc32)cc1. The first-order valence-corrected chi connectivity index (χ1v) is 23.9. The zero-order valence-electron chi connectivity index (χ0n) is 37.3. The summed E-state index contributed by atoms with van der Waals surface area (Å²) < 4.78 is 8.59. The van der Waals surface area contributed by atoms with Crippen molar-refractivity contribution in [2.75, 3.05) is 4.90 Å². The van der Waals surface area contributed by atoms with Crippen LogP contribution in [0.15, 0.2) is 229 Å². The van der Waals surface area contributed by atoms with Gasteiger partial charge in [-0.25, -0.2) is 0 Å². The molecule has 3 heteroatoms. The molecule has 0 spiro atoms. The maximum atomic E-state index is 6.19. The Morgan fingerprint density at radius 1 is 0.403 bits per heavy atom. The molecule has 3 nitrogen and oxygen atoms in total. The van der Waals surface area contributed by atoms with Gasteiger partial charge in [0.05, 0.1) is 16.7 Å². The minimum Gasteiger partial charge on any atom is -0.456 e. The molecule has 0 radical (unpaired) electrons. The first-order valence-electron chi connectivity index (χ1n) is 23.9. The molecule has 67 heavy (non-hydrogen) atoms. The summed E-state index contributed by atoms with van der Waals surface area (Å²) in [6.07, 6.45) is 6.45. The highest BCUT2D eigenvalue weighted by Crippen LogP contribution is 2.47. The van der Waals surface area contributed by atoms with Crippen LogP contribution in [-0.2, 0) is 0 Å². The van der Waals surface area contributed by atoms with Crippen LogP contribution in [0.3, 0.4) is 0 Å². The molecule has 1 fully saturated rings. The normalized spacial score (nSPS) is 13.3. The summed E-state index contributed by atoms with van der Waals surface area (Å²) >= 11 is 0. The molecule has 0 N–H and O–H groups in total. The third-order valence-corrected chi connectivity index (χ3v) is 14.4. The molecule has 1 aliphatic carbocycles. The number of hydrogen-bond donors (Lipinski definition) is 0. The summed E-state index contributed by atoms with van der Waals surface area (Å²) in [6, 6.07) is 82.3. The van der Waals surface area contributed by atoms with Gasteiger partial charge in [-0.1, -0.05) is 171 Å². The molecule has 0 aliphatic heterocycles. The van der Waals surface area contributed by atoms with Gasteiger partial charge in [-0.15, -0.1) is 0 Å². The highest BCUT2D eigenvalue weighted by Gasteiger charge is 2.23. The minimum atomic E-state index is 0.578. The largest absolute Gasteiger partial charge is 0.456 e. The van der Waals surface area contributed by atoms with E-state index in [1.165, 1.54) is 92.5 Å². The van der Waals surface area contributed by atoms with Crippen LogP contribution in [0.1, 0.15) is 43.6 Å². The van der Waals surface area contributed by atoms with Crippen LogP contribution in [0.4, 0.5) is 17.1 Å². The van der Waals surface area contributed by atoms with Crippen LogP contribution in [-0.4, -0.2) is 4.57 Å². The van der Waals surface area contributed by atoms with Crippen molar-refractivity contribution in [3.63, 3.8) is 0 Å². The number of fused-ring (bicyclic) bond motifs is 7. The van der Waals surface area contributed by atoms with Crippen LogP contribution in [0.5, 0.6) is 0 Å². The third-order valence-electron chi connectivity index (χ3n) is 14.4. The van der Waals surface area contributed by atoms with Crippen LogP contribution >= 0.6 is 0 Å². The van der Waals surface area contributed by atoms with Crippen molar-refractivity contribution in [1.82, 2.24) is 4.57 Å². The fraction of sp³-hybridized carbons (Fsp3) is 0.0938. The highest BCUT2D eigenvalue weighted by atomic mass is 16.3. The molecule has 12 aromatic rings. The van der Waals surface area contributed by atoms with Gasteiger partial charge in [0.25, 0.3) is 0 Å². The maximum absolute atomic E-state index is 6.19. The lowest BCUT2D eigenvalue weighted by atomic mass is 9.80. The highest BCUT2D eigenvalue weighted by molar-refractivity contribution is 6.11. The van der Waals surface area contributed by atoms with Crippen molar-refractivity contribution in [1.29, 1.82) is 0 Å². The van der Waals surface area contributed by atoms with Gasteiger partial charge in [-0.3, -0.25) is 0 Å². The Balaban J connectivity index is 0.947. The van der Waals surface area contributed by atoms with Crippen LogP contribution in [0.25, 0.3) is 93.6 Å². The Morgan fingerprint density at radius 3 is 1.79 bits per heavy atom. The van der Waals surface area contributed by atoms with Gasteiger partial charge >= 0.3 is 0 Å². The predicted octanol–water partition coefficient (Wildman–Crippen LogP) is 18.4. The monoisotopic (exact) mass is 860 g/mol. The van der Waals surface area contributed by atoms with Gasteiger partial charge in [0, 0.05) is 44.2 Å². The predicted molar refractivity (Wildman–Crippen MR) is 282 cm³/mol. The molecular formula is C64H48N2O. The second kappa shape index (κ2) is 16.4. The molecule has 1 aliphatic rings. The van der Waals surface area contributed by atoms with Gasteiger partial charge in [0.2, 0.25) is 0 Å². The topological polar surface area (TPSA) is 21.3 Å². The maximum Gasteiger partial charge on any atom is 0.135 e. The standard InChI is InChI=1S/C64H48N2O/c1-3-15-45(16-4-1)52-24-13-17-46-18-14-25-57(64(46)52)54-22-8-10-26-59(54)65(50-35-29-43(30-36-50)47-34-40-63-58(41-47)56-23-9-12-28-62(56)67-63)51-37-31-44(32-38-51)48-33-39-55-53-21-7-11-27-60(53)66(61(55)42-48)49-19-5-2-6-20-49/h2,5-14,17-42,45H,1,3-4,15-16H2. The summed E-state index contributed by atoms with van der Waals surface area (Å²) in [5.41, 5.74) is 17.4. The van der Waals surface area contributed by atoms with Crippen LogP contribution in [0, 0.1) is 0 Å². The number of anilines is 3. The van der Waals surface area contributed by atoms with Gasteiger partial charge in [-0.05, 0) is 136 Å². The average Bonchev–Trinajstić information content (AvgIpc) is 3.94. The van der Waals surface area contributed by atoms with Crippen molar-refractivity contribution in [3.05, 3.63) is 230 Å². The van der Waals surface area contributed by atoms with E-state index in [4.69, 9.17) is 4.42 Å². The molecule has 0 saturated heterocycles. The molecule has 10 aromatic carbocycles. The number of para-hydroxylation sites is 4. The van der Waals surface area contributed by atoms with Gasteiger partial charge < -0.3 is 13.9 Å². The van der Waals surface area contributed by atoms with Crippen molar-refractivity contribution in [3.8, 4) is 39.1 Å². The summed E-state index contributed by atoms with van der Waals surface area (Å²) in [6.45, 7) is 0. The Kier molecular flexibility index (Phi) is 9.60. The molecule has 2 heterocycles. The Bertz CT molecular complexity index is 3770. The summed E-state index contributed by atoms with van der Waals surface area (Å²) in [7, 11) is 0. The number of aromatic nitrogens is 1. The number of hydrogen-bond acceptors (Lipinski definition) is 2. The summed E-state index contributed by atoms with van der Waals surface area (Å²) in [5.74, 6) is 0.578. The lowest BCUT2D eigenvalue weighted by molar-refractivity contribution is 0.445. The van der Waals surface area contributed by atoms with E-state index in [-0.39, 0.29) is 0 Å². The van der Waals surface area contributed by atoms with E-state index in [9.17, 15) is 0 Å². The molecule has 0 atom stereocenters. The molecule has 320 valence electrons. The smallest absolute Gasteiger partial charge is 0.135 e. The lowest BCUT2D eigenvalue weighted by Crippen LogP contribution is -2.11. The molecule has 0 amide bonds. The van der Waals surface area contributed by atoms with Gasteiger partial charge in [0.1, 0.15) is 11.2 Å². The van der Waals surface area contributed by atoms with E-state index in [0.29, 0.717) is 5.92 Å². The van der Waals surface area contributed by atoms with Crippen LogP contribution in [0.2, 0.25) is 0 Å². The van der Waals surface area contributed by atoms with Crippen LogP contribution < -0.4 is 4.90 Å². The Labute approximate surface area is 390 Å². The van der Waals surface area contributed by atoms with E-state index in [1.807, 2.05) is 12.1 Å². The third kappa shape index (κ3) is 6.81. The molecule has 1 saturated carbocycles. The molecular weight excluding hydrogens is 813 g/mol. The Morgan fingerprint density at radius 2 is 1.00 bits per heavy atom. The zero-order chi connectivity index (χ0) is 44.3. The average molecular weight is 861 g/mol. The van der Waals surface area contributed by atoms with E-state index in [0.717, 1.165) is 55.8 Å². The first-order chi connectivity index (χ1) is 33.2. The second-order valence-electron chi connectivity index (χ2n) is 18.3. The van der Waals surface area contributed by atoms with Crippen molar-refractivity contribution in [2.24, 2.45) is 0 Å². The van der Waals surface area contributed by atoms with Gasteiger partial charge in [-0.2, -0.15) is 0 Å². The number of rotatable bonds is 8. The van der Waals surface area contributed by atoms with E-state index < -0.39 is 0 Å². The van der Waals surface area contributed by atoms with Gasteiger partial charge in [0.15, 0.2) is 0 Å².